The van der Waals surface area contributed by atoms with Crippen LogP contribution >= 0.6 is 0 Å². The van der Waals surface area contributed by atoms with Gasteiger partial charge in [-0.3, -0.25) is 0 Å². The van der Waals surface area contributed by atoms with Crippen molar-refractivity contribution in [1.29, 1.82) is 0 Å². The van der Waals surface area contributed by atoms with Crippen LogP contribution < -0.4 is 10.5 Å². The second kappa shape index (κ2) is 6.76. The van der Waals surface area contributed by atoms with Gasteiger partial charge in [-0.2, -0.15) is 0 Å². The summed E-state index contributed by atoms with van der Waals surface area (Å²) in [6.45, 7) is 4.46. The molecule has 0 amide bonds. The quantitative estimate of drug-likeness (QED) is 0.856. The zero-order chi connectivity index (χ0) is 14.5. The molecule has 0 saturated carbocycles. The summed E-state index contributed by atoms with van der Waals surface area (Å²) in [5, 5.41) is 2.50. The SMILES string of the molecule is CCCC(C)C(N)Cc1cccc2ccc(OC)cc12. The summed E-state index contributed by atoms with van der Waals surface area (Å²) in [4.78, 5) is 0. The second-order valence-electron chi connectivity index (χ2n) is 5.64. The lowest BCUT2D eigenvalue weighted by Gasteiger charge is -2.20. The molecule has 2 heteroatoms. The van der Waals surface area contributed by atoms with Gasteiger partial charge in [0.2, 0.25) is 0 Å². The molecule has 20 heavy (non-hydrogen) atoms. The molecule has 0 spiro atoms. The van der Waals surface area contributed by atoms with Gasteiger partial charge in [-0.1, -0.05) is 44.5 Å². The topological polar surface area (TPSA) is 35.2 Å². The van der Waals surface area contributed by atoms with Gasteiger partial charge < -0.3 is 10.5 Å². The summed E-state index contributed by atoms with van der Waals surface area (Å²) < 4.78 is 5.34. The van der Waals surface area contributed by atoms with Crippen LogP contribution in [-0.2, 0) is 6.42 Å². The minimum atomic E-state index is 0.215. The number of fused-ring (bicyclic) bond motifs is 1. The maximum absolute atomic E-state index is 6.37. The van der Waals surface area contributed by atoms with Crippen molar-refractivity contribution in [3.05, 3.63) is 42.0 Å². The van der Waals surface area contributed by atoms with Crippen LogP contribution in [0.2, 0.25) is 0 Å². The molecular weight excluding hydrogens is 246 g/mol. The summed E-state index contributed by atoms with van der Waals surface area (Å²) in [7, 11) is 1.71. The van der Waals surface area contributed by atoms with Crippen LogP contribution in [0.25, 0.3) is 10.8 Å². The van der Waals surface area contributed by atoms with Gasteiger partial charge in [-0.05, 0) is 47.2 Å². The van der Waals surface area contributed by atoms with Gasteiger partial charge in [-0.15, -0.1) is 0 Å². The zero-order valence-electron chi connectivity index (χ0n) is 12.7. The Labute approximate surface area is 121 Å². The van der Waals surface area contributed by atoms with E-state index in [1.54, 1.807) is 7.11 Å². The molecule has 0 aromatic heterocycles. The minimum absolute atomic E-state index is 0.215. The normalized spacial score (nSPS) is 14.2. The van der Waals surface area contributed by atoms with E-state index >= 15 is 0 Å². The first kappa shape index (κ1) is 14.9. The summed E-state index contributed by atoms with van der Waals surface area (Å²) >= 11 is 0. The third-order valence-electron chi connectivity index (χ3n) is 4.11. The fourth-order valence-corrected chi connectivity index (χ4v) is 2.75. The van der Waals surface area contributed by atoms with Crippen molar-refractivity contribution in [2.75, 3.05) is 7.11 Å². The second-order valence-corrected chi connectivity index (χ2v) is 5.64. The highest BCUT2D eigenvalue weighted by molar-refractivity contribution is 5.87. The van der Waals surface area contributed by atoms with Gasteiger partial charge in [0.1, 0.15) is 5.75 Å². The molecule has 2 atom stereocenters. The first-order valence-corrected chi connectivity index (χ1v) is 7.47. The predicted octanol–water partition coefficient (Wildman–Crippen LogP) is 4.15. The van der Waals surface area contributed by atoms with E-state index in [2.05, 4.69) is 44.2 Å². The Kier molecular flexibility index (Phi) is 5.02. The van der Waals surface area contributed by atoms with Gasteiger partial charge in [-0.25, -0.2) is 0 Å². The fourth-order valence-electron chi connectivity index (χ4n) is 2.75. The Bertz CT molecular complexity index is 564. The first-order valence-electron chi connectivity index (χ1n) is 7.47. The molecule has 0 aliphatic rings. The van der Waals surface area contributed by atoms with Crippen LogP contribution in [0.15, 0.2) is 36.4 Å². The Morgan fingerprint density at radius 3 is 2.70 bits per heavy atom. The third-order valence-corrected chi connectivity index (χ3v) is 4.11. The van der Waals surface area contributed by atoms with Crippen molar-refractivity contribution in [3.8, 4) is 5.75 Å². The smallest absolute Gasteiger partial charge is 0.119 e. The molecule has 0 fully saturated rings. The van der Waals surface area contributed by atoms with Crippen molar-refractivity contribution in [3.63, 3.8) is 0 Å². The van der Waals surface area contributed by atoms with E-state index in [0.29, 0.717) is 5.92 Å². The van der Waals surface area contributed by atoms with Crippen LogP contribution in [0.1, 0.15) is 32.3 Å². The van der Waals surface area contributed by atoms with Crippen LogP contribution in [0.5, 0.6) is 5.75 Å². The number of nitrogens with two attached hydrogens (primary N) is 1. The van der Waals surface area contributed by atoms with E-state index in [1.165, 1.54) is 29.2 Å². The van der Waals surface area contributed by atoms with Gasteiger partial charge in [0.05, 0.1) is 7.11 Å². The summed E-state index contributed by atoms with van der Waals surface area (Å²) in [5.41, 5.74) is 7.68. The standard InChI is InChI=1S/C18H25NO/c1-4-6-13(2)18(19)11-15-8-5-7-14-9-10-16(20-3)12-17(14)15/h5,7-10,12-13,18H,4,6,11,19H2,1-3H3. The van der Waals surface area contributed by atoms with Crippen LogP contribution in [0.4, 0.5) is 0 Å². The van der Waals surface area contributed by atoms with Crippen molar-refractivity contribution in [2.45, 2.75) is 39.2 Å². The Balaban J connectivity index is 2.29. The molecule has 0 bridgehead atoms. The number of rotatable bonds is 6. The largest absolute Gasteiger partial charge is 0.497 e. The highest BCUT2D eigenvalue weighted by Crippen LogP contribution is 2.26. The Hall–Kier alpha value is -1.54. The number of hydrogen-bond donors (Lipinski definition) is 1. The van der Waals surface area contributed by atoms with Crippen LogP contribution in [0.3, 0.4) is 0 Å². The molecule has 0 aliphatic heterocycles. The molecule has 2 aromatic carbocycles. The van der Waals surface area contributed by atoms with Gasteiger partial charge >= 0.3 is 0 Å². The van der Waals surface area contributed by atoms with Crippen LogP contribution in [0, 0.1) is 5.92 Å². The maximum Gasteiger partial charge on any atom is 0.119 e. The zero-order valence-corrected chi connectivity index (χ0v) is 12.7. The van der Waals surface area contributed by atoms with Gasteiger partial charge in [0.25, 0.3) is 0 Å². The van der Waals surface area contributed by atoms with E-state index in [0.717, 1.165) is 12.2 Å². The lowest BCUT2D eigenvalue weighted by Crippen LogP contribution is -2.30. The number of methoxy groups -OCH3 is 1. The Morgan fingerprint density at radius 2 is 2.00 bits per heavy atom. The van der Waals surface area contributed by atoms with E-state index in [4.69, 9.17) is 10.5 Å². The van der Waals surface area contributed by atoms with Crippen molar-refractivity contribution >= 4 is 10.8 Å². The molecule has 2 aromatic rings. The number of benzene rings is 2. The highest BCUT2D eigenvalue weighted by Gasteiger charge is 2.14. The molecule has 2 unspecified atom stereocenters. The third kappa shape index (κ3) is 3.31. The van der Waals surface area contributed by atoms with E-state index in [9.17, 15) is 0 Å². The number of hydrogen-bond acceptors (Lipinski definition) is 2. The summed E-state index contributed by atoms with van der Waals surface area (Å²) in [6.07, 6.45) is 3.30. The average molecular weight is 271 g/mol. The summed E-state index contributed by atoms with van der Waals surface area (Å²) in [5.74, 6) is 1.46. The van der Waals surface area contributed by atoms with Crippen molar-refractivity contribution in [1.82, 2.24) is 0 Å². The highest BCUT2D eigenvalue weighted by atomic mass is 16.5. The Morgan fingerprint density at radius 1 is 1.20 bits per heavy atom. The number of ether oxygens (including phenoxy) is 1. The molecule has 0 aliphatic carbocycles. The summed E-state index contributed by atoms with van der Waals surface area (Å²) in [6, 6.07) is 12.9. The lowest BCUT2D eigenvalue weighted by atomic mass is 9.90. The predicted molar refractivity (Wildman–Crippen MR) is 86.3 cm³/mol. The minimum Gasteiger partial charge on any atom is -0.497 e. The van der Waals surface area contributed by atoms with Crippen molar-refractivity contribution in [2.24, 2.45) is 11.7 Å². The molecule has 2 N–H and O–H groups in total. The monoisotopic (exact) mass is 271 g/mol. The molecular formula is C18H25NO. The molecule has 2 nitrogen and oxygen atoms in total. The molecule has 2 rings (SSSR count). The lowest BCUT2D eigenvalue weighted by molar-refractivity contribution is 0.415. The van der Waals surface area contributed by atoms with E-state index < -0.39 is 0 Å². The first-order chi connectivity index (χ1) is 9.65. The van der Waals surface area contributed by atoms with E-state index in [-0.39, 0.29) is 6.04 Å². The van der Waals surface area contributed by atoms with Crippen LogP contribution in [-0.4, -0.2) is 13.2 Å². The fraction of sp³-hybridized carbons (Fsp3) is 0.444. The molecule has 0 saturated heterocycles. The van der Waals surface area contributed by atoms with Gasteiger partial charge in [0.15, 0.2) is 0 Å². The maximum atomic E-state index is 6.37. The van der Waals surface area contributed by atoms with E-state index in [1.807, 2.05) is 6.07 Å². The van der Waals surface area contributed by atoms with Crippen molar-refractivity contribution < 1.29 is 4.74 Å². The average Bonchev–Trinajstić information content (AvgIpc) is 2.47. The molecule has 0 radical (unpaired) electrons. The molecule has 108 valence electrons. The van der Waals surface area contributed by atoms with Gasteiger partial charge in [0, 0.05) is 6.04 Å². The molecule has 0 heterocycles.